The van der Waals surface area contributed by atoms with E-state index in [2.05, 4.69) is 16.8 Å². The third kappa shape index (κ3) is 3.58. The summed E-state index contributed by atoms with van der Waals surface area (Å²) in [4.78, 5) is 29.6. The van der Waals surface area contributed by atoms with E-state index in [9.17, 15) is 9.59 Å². The van der Waals surface area contributed by atoms with Crippen LogP contribution in [0.25, 0.3) is 0 Å². The fourth-order valence-electron chi connectivity index (χ4n) is 2.37. The standard InChI is InChI=1S/C15H18N4O2/c16-7-1-4-11-5-2-8-18-13(11)15(21)19-9-3-6-12(10-19)14(17)20/h2,5,8,12H,3,6-7,9-10,16H2,(H2,17,20). The molecule has 2 rings (SSSR count). The van der Waals surface area contributed by atoms with Crippen molar-refractivity contribution in [1.82, 2.24) is 9.88 Å². The zero-order chi connectivity index (χ0) is 15.2. The molecule has 0 aromatic carbocycles. The second-order valence-corrected chi connectivity index (χ2v) is 4.90. The van der Waals surface area contributed by atoms with Crippen LogP contribution in [0.1, 0.15) is 28.9 Å². The summed E-state index contributed by atoms with van der Waals surface area (Å²) in [5.41, 5.74) is 11.5. The number of rotatable bonds is 2. The van der Waals surface area contributed by atoms with Crippen LogP contribution in [-0.4, -0.2) is 41.3 Å². The number of hydrogen-bond donors (Lipinski definition) is 2. The van der Waals surface area contributed by atoms with E-state index in [1.54, 1.807) is 23.2 Å². The molecule has 0 spiro atoms. The van der Waals surface area contributed by atoms with Crippen molar-refractivity contribution in [1.29, 1.82) is 0 Å². The van der Waals surface area contributed by atoms with Gasteiger partial charge in [0.2, 0.25) is 5.91 Å². The van der Waals surface area contributed by atoms with Gasteiger partial charge in [-0.3, -0.25) is 9.59 Å². The number of nitrogens with zero attached hydrogens (tertiary/aromatic N) is 2. The number of piperidine rings is 1. The molecular weight excluding hydrogens is 268 g/mol. The van der Waals surface area contributed by atoms with Crippen molar-refractivity contribution < 1.29 is 9.59 Å². The van der Waals surface area contributed by atoms with Gasteiger partial charge in [-0.25, -0.2) is 4.98 Å². The molecule has 1 saturated heterocycles. The van der Waals surface area contributed by atoms with Gasteiger partial charge < -0.3 is 16.4 Å². The van der Waals surface area contributed by atoms with E-state index in [-0.39, 0.29) is 24.3 Å². The van der Waals surface area contributed by atoms with Crippen molar-refractivity contribution in [3.05, 3.63) is 29.6 Å². The minimum absolute atomic E-state index is 0.218. The monoisotopic (exact) mass is 286 g/mol. The van der Waals surface area contributed by atoms with Crippen LogP contribution in [-0.2, 0) is 4.79 Å². The van der Waals surface area contributed by atoms with Crippen LogP contribution in [0.15, 0.2) is 18.3 Å². The minimum Gasteiger partial charge on any atom is -0.369 e. The van der Waals surface area contributed by atoms with Crippen LogP contribution >= 0.6 is 0 Å². The van der Waals surface area contributed by atoms with Gasteiger partial charge in [0, 0.05) is 19.3 Å². The first kappa shape index (κ1) is 15.0. The number of nitrogens with two attached hydrogens (primary N) is 2. The number of carbonyl (C=O) groups is 2. The van der Waals surface area contributed by atoms with E-state index >= 15 is 0 Å². The summed E-state index contributed by atoms with van der Waals surface area (Å²) >= 11 is 0. The number of amides is 2. The number of primary amides is 1. The summed E-state index contributed by atoms with van der Waals surface area (Å²) in [5.74, 6) is 4.70. The van der Waals surface area contributed by atoms with Crippen LogP contribution in [0.5, 0.6) is 0 Å². The molecule has 2 heterocycles. The van der Waals surface area contributed by atoms with Crippen molar-refractivity contribution in [3.8, 4) is 11.8 Å². The van der Waals surface area contributed by atoms with Gasteiger partial charge in [-0.05, 0) is 25.0 Å². The molecule has 1 atom stereocenters. The van der Waals surface area contributed by atoms with Gasteiger partial charge in [0.25, 0.3) is 5.91 Å². The third-order valence-electron chi connectivity index (χ3n) is 3.45. The number of hydrogen-bond acceptors (Lipinski definition) is 4. The second-order valence-electron chi connectivity index (χ2n) is 4.90. The van der Waals surface area contributed by atoms with Crippen molar-refractivity contribution >= 4 is 11.8 Å². The number of carbonyl (C=O) groups excluding carboxylic acids is 2. The first-order chi connectivity index (χ1) is 10.1. The zero-order valence-electron chi connectivity index (χ0n) is 11.7. The summed E-state index contributed by atoms with van der Waals surface area (Å²) in [6.45, 7) is 1.16. The Hall–Kier alpha value is -2.39. The Kier molecular flexibility index (Phi) is 4.90. The van der Waals surface area contributed by atoms with Crippen LogP contribution in [0.3, 0.4) is 0 Å². The van der Waals surface area contributed by atoms with Crippen molar-refractivity contribution in [2.75, 3.05) is 19.6 Å². The Bertz CT molecular complexity index is 603. The Morgan fingerprint density at radius 2 is 2.29 bits per heavy atom. The van der Waals surface area contributed by atoms with Gasteiger partial charge in [-0.1, -0.05) is 11.8 Å². The van der Waals surface area contributed by atoms with Crippen LogP contribution in [0, 0.1) is 17.8 Å². The fraction of sp³-hybridized carbons (Fsp3) is 0.400. The molecule has 4 N–H and O–H groups in total. The summed E-state index contributed by atoms with van der Waals surface area (Å²) in [5, 5.41) is 0. The van der Waals surface area contributed by atoms with Gasteiger partial charge in [-0.15, -0.1) is 0 Å². The van der Waals surface area contributed by atoms with Gasteiger partial charge >= 0.3 is 0 Å². The Labute approximate surface area is 123 Å². The first-order valence-corrected chi connectivity index (χ1v) is 6.86. The molecule has 0 saturated carbocycles. The molecule has 1 aromatic heterocycles. The highest BCUT2D eigenvalue weighted by atomic mass is 16.2. The lowest BCUT2D eigenvalue weighted by Crippen LogP contribution is -2.44. The van der Waals surface area contributed by atoms with Crippen molar-refractivity contribution in [3.63, 3.8) is 0 Å². The number of likely N-dealkylation sites (tertiary alicyclic amines) is 1. The third-order valence-corrected chi connectivity index (χ3v) is 3.45. The zero-order valence-corrected chi connectivity index (χ0v) is 11.7. The topological polar surface area (TPSA) is 102 Å². The van der Waals surface area contributed by atoms with E-state index < -0.39 is 0 Å². The van der Waals surface area contributed by atoms with E-state index in [4.69, 9.17) is 11.5 Å². The average molecular weight is 286 g/mol. The normalized spacial score (nSPS) is 17.8. The van der Waals surface area contributed by atoms with Crippen LogP contribution < -0.4 is 11.5 Å². The van der Waals surface area contributed by atoms with E-state index in [1.807, 2.05) is 0 Å². The molecule has 1 aliphatic rings. The van der Waals surface area contributed by atoms with E-state index in [1.165, 1.54) is 0 Å². The Balaban J connectivity index is 2.22. The van der Waals surface area contributed by atoms with Crippen molar-refractivity contribution in [2.24, 2.45) is 17.4 Å². The molecule has 2 amide bonds. The molecule has 0 aliphatic carbocycles. The fourth-order valence-corrected chi connectivity index (χ4v) is 2.37. The van der Waals surface area contributed by atoms with E-state index in [0.29, 0.717) is 24.3 Å². The summed E-state index contributed by atoms with van der Waals surface area (Å²) < 4.78 is 0. The maximum absolute atomic E-state index is 12.6. The molecule has 1 aliphatic heterocycles. The van der Waals surface area contributed by atoms with Gasteiger partial charge in [0.15, 0.2) is 0 Å². The highest BCUT2D eigenvalue weighted by Crippen LogP contribution is 2.18. The molecular formula is C15H18N4O2. The Morgan fingerprint density at radius 1 is 1.48 bits per heavy atom. The molecule has 1 aromatic rings. The summed E-state index contributed by atoms with van der Waals surface area (Å²) in [6.07, 6.45) is 3.04. The molecule has 21 heavy (non-hydrogen) atoms. The van der Waals surface area contributed by atoms with Gasteiger partial charge in [-0.2, -0.15) is 0 Å². The van der Waals surface area contributed by atoms with Gasteiger partial charge in [0.05, 0.1) is 18.0 Å². The van der Waals surface area contributed by atoms with Gasteiger partial charge in [0.1, 0.15) is 5.69 Å². The smallest absolute Gasteiger partial charge is 0.273 e. The maximum atomic E-state index is 12.6. The maximum Gasteiger partial charge on any atom is 0.273 e. The molecule has 1 fully saturated rings. The molecule has 6 nitrogen and oxygen atoms in total. The SMILES string of the molecule is NCC#Cc1cccnc1C(=O)N1CCCC(C(N)=O)C1. The lowest BCUT2D eigenvalue weighted by atomic mass is 9.97. The lowest BCUT2D eigenvalue weighted by Gasteiger charge is -2.31. The van der Waals surface area contributed by atoms with E-state index in [0.717, 1.165) is 12.8 Å². The molecule has 1 unspecified atom stereocenters. The highest BCUT2D eigenvalue weighted by molar-refractivity contribution is 5.95. The predicted molar refractivity (Wildman–Crippen MR) is 78.0 cm³/mol. The second kappa shape index (κ2) is 6.86. The molecule has 110 valence electrons. The van der Waals surface area contributed by atoms with Crippen LogP contribution in [0.2, 0.25) is 0 Å². The summed E-state index contributed by atoms with van der Waals surface area (Å²) in [6, 6.07) is 3.46. The van der Waals surface area contributed by atoms with Crippen LogP contribution in [0.4, 0.5) is 0 Å². The average Bonchev–Trinajstić information content (AvgIpc) is 2.52. The molecule has 0 bridgehead atoms. The predicted octanol–water partition coefficient (Wildman–Crippen LogP) is -0.271. The summed E-state index contributed by atoms with van der Waals surface area (Å²) in [7, 11) is 0. The number of aromatic nitrogens is 1. The lowest BCUT2D eigenvalue weighted by molar-refractivity contribution is -0.123. The Morgan fingerprint density at radius 3 is 3.00 bits per heavy atom. The molecule has 0 radical (unpaired) electrons. The molecule has 6 heteroatoms. The van der Waals surface area contributed by atoms with Crippen molar-refractivity contribution in [2.45, 2.75) is 12.8 Å². The largest absolute Gasteiger partial charge is 0.369 e. The minimum atomic E-state index is -0.364. The first-order valence-electron chi connectivity index (χ1n) is 6.86. The quantitative estimate of drug-likeness (QED) is 0.730. The highest BCUT2D eigenvalue weighted by Gasteiger charge is 2.28. The number of pyridine rings is 1.